The number of nitrogens with one attached hydrogen (secondary N) is 1. The summed E-state index contributed by atoms with van der Waals surface area (Å²) in [4.78, 5) is 25.7. The molecule has 20 heavy (non-hydrogen) atoms. The fourth-order valence-electron chi connectivity index (χ4n) is 1.43. The highest BCUT2D eigenvalue weighted by Crippen LogP contribution is 2.09. The van der Waals surface area contributed by atoms with Crippen molar-refractivity contribution in [2.24, 2.45) is 0 Å². The number of nitrogens with zero attached hydrogens (tertiary/aromatic N) is 4. The molecular weight excluding hydrogens is 262 g/mol. The van der Waals surface area contributed by atoms with Crippen LogP contribution >= 0.6 is 0 Å². The molecule has 2 heterocycles. The van der Waals surface area contributed by atoms with Crippen LogP contribution in [-0.4, -0.2) is 48.2 Å². The summed E-state index contributed by atoms with van der Waals surface area (Å²) in [5.74, 6) is 0.185. The quantitative estimate of drug-likeness (QED) is 0.834. The van der Waals surface area contributed by atoms with Crippen LogP contribution in [-0.2, 0) is 4.74 Å². The molecule has 2 aromatic heterocycles. The van der Waals surface area contributed by atoms with Gasteiger partial charge in [0, 0.05) is 20.7 Å². The number of carbonyl (C=O) groups is 1. The minimum absolute atomic E-state index is 0.200. The molecule has 0 spiro atoms. The van der Waals surface area contributed by atoms with Crippen LogP contribution in [0.25, 0.3) is 0 Å². The number of amides is 1. The van der Waals surface area contributed by atoms with Gasteiger partial charge in [-0.15, -0.1) is 0 Å². The minimum atomic E-state index is -0.372. The van der Waals surface area contributed by atoms with Crippen molar-refractivity contribution < 1.29 is 13.9 Å². The highest BCUT2D eigenvalue weighted by molar-refractivity contribution is 6.02. The molecule has 0 aromatic carbocycles. The molecule has 0 saturated heterocycles. The van der Waals surface area contributed by atoms with Crippen molar-refractivity contribution >= 4 is 17.5 Å². The van der Waals surface area contributed by atoms with Crippen LogP contribution < -0.4 is 10.2 Å². The lowest BCUT2D eigenvalue weighted by Gasteiger charge is -2.16. The monoisotopic (exact) mass is 277 g/mol. The number of oxazole rings is 1. The van der Waals surface area contributed by atoms with Crippen molar-refractivity contribution in [3.05, 3.63) is 30.7 Å². The summed E-state index contributed by atoms with van der Waals surface area (Å²) in [7, 11) is 3.50. The van der Waals surface area contributed by atoms with Gasteiger partial charge < -0.3 is 19.4 Å². The smallest absolute Gasteiger partial charge is 0.277 e. The molecule has 0 aliphatic carbocycles. The second-order valence-electron chi connectivity index (χ2n) is 4.01. The molecule has 106 valence electrons. The summed E-state index contributed by atoms with van der Waals surface area (Å²) in [6, 6.07) is 0. The van der Waals surface area contributed by atoms with E-state index in [0.29, 0.717) is 24.8 Å². The van der Waals surface area contributed by atoms with Gasteiger partial charge in [-0.05, 0) is 0 Å². The van der Waals surface area contributed by atoms with E-state index < -0.39 is 0 Å². The summed E-state index contributed by atoms with van der Waals surface area (Å²) < 4.78 is 9.72. The molecule has 0 atom stereocenters. The summed E-state index contributed by atoms with van der Waals surface area (Å²) in [6.07, 6.45) is 5.52. The van der Waals surface area contributed by atoms with Gasteiger partial charge in [0.2, 0.25) is 5.95 Å². The van der Waals surface area contributed by atoms with Crippen molar-refractivity contribution in [3.63, 3.8) is 0 Å². The van der Waals surface area contributed by atoms with E-state index in [0.717, 1.165) is 0 Å². The number of ether oxygens (including phenoxy) is 1. The van der Waals surface area contributed by atoms with Gasteiger partial charge in [-0.1, -0.05) is 0 Å². The molecule has 0 aliphatic heterocycles. The van der Waals surface area contributed by atoms with Crippen LogP contribution in [0.4, 0.5) is 11.6 Å². The Morgan fingerprint density at radius 1 is 1.40 bits per heavy atom. The number of anilines is 2. The maximum atomic E-state index is 11.7. The molecule has 1 N–H and O–H groups in total. The molecule has 0 saturated carbocycles. The number of hydrogen-bond acceptors (Lipinski definition) is 7. The second kappa shape index (κ2) is 6.62. The zero-order chi connectivity index (χ0) is 14.4. The van der Waals surface area contributed by atoms with Gasteiger partial charge in [-0.25, -0.2) is 15.0 Å². The van der Waals surface area contributed by atoms with Crippen molar-refractivity contribution in [2.75, 3.05) is 37.5 Å². The molecular formula is C12H15N5O3. The first-order valence-electron chi connectivity index (χ1n) is 5.92. The number of carbonyl (C=O) groups excluding carboxylic acids is 1. The van der Waals surface area contributed by atoms with E-state index >= 15 is 0 Å². The van der Waals surface area contributed by atoms with E-state index in [2.05, 4.69) is 20.3 Å². The molecule has 1 amide bonds. The van der Waals surface area contributed by atoms with E-state index in [-0.39, 0.29) is 11.6 Å². The maximum absolute atomic E-state index is 11.7. The molecule has 0 radical (unpaired) electrons. The van der Waals surface area contributed by atoms with Crippen molar-refractivity contribution in [2.45, 2.75) is 0 Å². The fraction of sp³-hybridized carbons (Fsp3) is 0.333. The molecule has 0 aliphatic rings. The topological polar surface area (TPSA) is 93.4 Å². The number of methoxy groups -OCH3 is 1. The zero-order valence-electron chi connectivity index (χ0n) is 11.2. The molecule has 8 nitrogen and oxygen atoms in total. The lowest BCUT2D eigenvalue weighted by molar-refractivity contribution is 0.102. The van der Waals surface area contributed by atoms with Crippen LogP contribution in [0.2, 0.25) is 0 Å². The van der Waals surface area contributed by atoms with Crippen molar-refractivity contribution in [1.29, 1.82) is 0 Å². The van der Waals surface area contributed by atoms with E-state index in [1.54, 1.807) is 7.11 Å². The Morgan fingerprint density at radius 3 is 2.75 bits per heavy atom. The summed E-state index contributed by atoms with van der Waals surface area (Å²) >= 11 is 0. The average Bonchev–Trinajstić information content (AvgIpc) is 3.00. The molecule has 0 bridgehead atoms. The summed E-state index contributed by atoms with van der Waals surface area (Å²) in [6.45, 7) is 1.27. The maximum Gasteiger partial charge on any atom is 0.277 e. The first-order chi connectivity index (χ1) is 9.70. The van der Waals surface area contributed by atoms with E-state index in [1.165, 1.54) is 25.1 Å². The Kier molecular flexibility index (Phi) is 4.61. The Bertz CT molecular complexity index is 541. The summed E-state index contributed by atoms with van der Waals surface area (Å²) in [5.41, 5.74) is 0.688. The second-order valence-corrected chi connectivity index (χ2v) is 4.01. The number of aromatic nitrogens is 3. The van der Waals surface area contributed by atoms with Crippen LogP contribution in [0.1, 0.15) is 10.5 Å². The summed E-state index contributed by atoms with van der Waals surface area (Å²) in [5, 5.41) is 2.62. The minimum Gasteiger partial charge on any atom is -0.451 e. The van der Waals surface area contributed by atoms with Gasteiger partial charge >= 0.3 is 0 Å². The van der Waals surface area contributed by atoms with E-state index in [1.807, 2.05) is 11.9 Å². The van der Waals surface area contributed by atoms with Gasteiger partial charge in [0.25, 0.3) is 5.91 Å². The standard InChI is InChI=1S/C12H15N5O3/c1-17(3-4-19-2)12-13-5-9(6-14-12)16-11(18)10-7-20-8-15-10/h5-8H,3-4H2,1-2H3,(H,16,18). The third-order valence-corrected chi connectivity index (χ3v) is 2.53. The van der Waals surface area contributed by atoms with Crippen LogP contribution in [0.3, 0.4) is 0 Å². The average molecular weight is 277 g/mol. The Balaban J connectivity index is 1.96. The Labute approximate surface area is 115 Å². The largest absolute Gasteiger partial charge is 0.451 e. The van der Waals surface area contributed by atoms with E-state index in [9.17, 15) is 4.79 Å². The predicted octanol–water partition coefficient (Wildman–Crippen LogP) is 0.800. The molecule has 0 unspecified atom stereocenters. The van der Waals surface area contributed by atoms with Gasteiger partial charge in [-0.2, -0.15) is 0 Å². The third-order valence-electron chi connectivity index (χ3n) is 2.53. The third kappa shape index (κ3) is 3.51. The van der Waals surface area contributed by atoms with E-state index in [4.69, 9.17) is 9.15 Å². The lowest BCUT2D eigenvalue weighted by atomic mass is 10.4. The number of likely N-dealkylation sites (N-methyl/N-ethyl adjacent to an activating group) is 1. The fourth-order valence-corrected chi connectivity index (χ4v) is 1.43. The van der Waals surface area contributed by atoms with Crippen LogP contribution in [0.15, 0.2) is 29.5 Å². The molecule has 2 aromatic rings. The zero-order valence-corrected chi connectivity index (χ0v) is 11.2. The van der Waals surface area contributed by atoms with Crippen LogP contribution in [0, 0.1) is 0 Å². The molecule has 8 heteroatoms. The highest BCUT2D eigenvalue weighted by atomic mass is 16.5. The van der Waals surface area contributed by atoms with Gasteiger partial charge in [0.15, 0.2) is 12.1 Å². The van der Waals surface area contributed by atoms with Crippen molar-refractivity contribution in [3.8, 4) is 0 Å². The van der Waals surface area contributed by atoms with Crippen LogP contribution in [0.5, 0.6) is 0 Å². The Hall–Kier alpha value is -2.48. The molecule has 2 rings (SSSR count). The predicted molar refractivity (Wildman–Crippen MR) is 71.6 cm³/mol. The first-order valence-corrected chi connectivity index (χ1v) is 5.92. The number of hydrogen-bond donors (Lipinski definition) is 1. The normalized spacial score (nSPS) is 10.3. The first kappa shape index (κ1) is 13.9. The lowest BCUT2D eigenvalue weighted by Crippen LogP contribution is -2.24. The molecule has 0 fully saturated rings. The van der Waals surface area contributed by atoms with Gasteiger partial charge in [0.05, 0.1) is 24.7 Å². The van der Waals surface area contributed by atoms with Gasteiger partial charge in [0.1, 0.15) is 6.26 Å². The number of rotatable bonds is 6. The Morgan fingerprint density at radius 2 is 2.15 bits per heavy atom. The van der Waals surface area contributed by atoms with Crippen molar-refractivity contribution in [1.82, 2.24) is 15.0 Å². The SMILES string of the molecule is COCCN(C)c1ncc(NC(=O)c2cocn2)cn1. The highest BCUT2D eigenvalue weighted by Gasteiger charge is 2.10. The van der Waals surface area contributed by atoms with Gasteiger partial charge in [-0.3, -0.25) is 4.79 Å².